The zero-order chi connectivity index (χ0) is 11.5. The number of nitrogens with zero attached hydrogens (tertiary/aromatic N) is 2. The molecule has 2 aliphatic rings. The summed E-state index contributed by atoms with van der Waals surface area (Å²) in [6, 6.07) is 1.13. The largest absolute Gasteiger partial charge is 0.361 e. The SMILES string of the molecule is CC(C)[C@H]1CSC(NC2CCCN(C)C2)=N1. The van der Waals surface area contributed by atoms with Gasteiger partial charge < -0.3 is 10.2 Å². The van der Waals surface area contributed by atoms with Crippen LogP contribution in [0.2, 0.25) is 0 Å². The first kappa shape index (κ1) is 12.2. The molecule has 0 bridgehead atoms. The van der Waals surface area contributed by atoms with Crippen molar-refractivity contribution in [1.82, 2.24) is 10.2 Å². The van der Waals surface area contributed by atoms with Gasteiger partial charge in [0.25, 0.3) is 0 Å². The summed E-state index contributed by atoms with van der Waals surface area (Å²) in [6.07, 6.45) is 2.59. The van der Waals surface area contributed by atoms with Crippen molar-refractivity contribution in [3.05, 3.63) is 0 Å². The molecule has 1 N–H and O–H groups in total. The van der Waals surface area contributed by atoms with Gasteiger partial charge >= 0.3 is 0 Å². The maximum atomic E-state index is 4.76. The van der Waals surface area contributed by atoms with Crippen molar-refractivity contribution in [3.63, 3.8) is 0 Å². The van der Waals surface area contributed by atoms with Crippen LogP contribution in [0.4, 0.5) is 0 Å². The molecule has 4 heteroatoms. The second-order valence-electron chi connectivity index (χ2n) is 5.30. The first-order valence-electron chi connectivity index (χ1n) is 6.31. The quantitative estimate of drug-likeness (QED) is 0.799. The molecular formula is C12H23N3S. The second kappa shape index (κ2) is 5.41. The second-order valence-corrected chi connectivity index (χ2v) is 6.31. The van der Waals surface area contributed by atoms with Crippen molar-refractivity contribution in [3.8, 4) is 0 Å². The van der Waals surface area contributed by atoms with Crippen molar-refractivity contribution in [2.45, 2.75) is 38.8 Å². The number of likely N-dealkylation sites (N-methyl/N-ethyl adjacent to an activating group) is 1. The van der Waals surface area contributed by atoms with E-state index in [1.165, 1.54) is 24.6 Å². The van der Waals surface area contributed by atoms with E-state index >= 15 is 0 Å². The zero-order valence-corrected chi connectivity index (χ0v) is 11.4. The first-order chi connectivity index (χ1) is 7.65. The van der Waals surface area contributed by atoms with Crippen LogP contribution in [0, 0.1) is 5.92 Å². The van der Waals surface area contributed by atoms with Gasteiger partial charge in [0.05, 0.1) is 6.04 Å². The van der Waals surface area contributed by atoms with E-state index in [4.69, 9.17) is 4.99 Å². The summed E-state index contributed by atoms with van der Waals surface area (Å²) in [5.41, 5.74) is 0. The lowest BCUT2D eigenvalue weighted by Gasteiger charge is -2.30. The lowest BCUT2D eigenvalue weighted by atomic mass is 10.1. The fraction of sp³-hybridized carbons (Fsp3) is 0.917. The molecule has 0 aromatic carbocycles. The van der Waals surface area contributed by atoms with E-state index in [1.807, 2.05) is 11.8 Å². The Labute approximate surface area is 103 Å². The number of aliphatic imine (C=N–C) groups is 1. The average molecular weight is 241 g/mol. The molecule has 1 saturated heterocycles. The smallest absolute Gasteiger partial charge is 0.157 e. The Kier molecular flexibility index (Phi) is 4.14. The fourth-order valence-corrected chi connectivity index (χ4v) is 3.52. The van der Waals surface area contributed by atoms with Gasteiger partial charge in [-0.25, -0.2) is 0 Å². The molecule has 0 aromatic rings. The molecular weight excluding hydrogens is 218 g/mol. The maximum absolute atomic E-state index is 4.76. The highest BCUT2D eigenvalue weighted by Crippen LogP contribution is 2.23. The fourth-order valence-electron chi connectivity index (χ4n) is 2.27. The van der Waals surface area contributed by atoms with Gasteiger partial charge in [-0.15, -0.1) is 0 Å². The first-order valence-corrected chi connectivity index (χ1v) is 7.29. The van der Waals surface area contributed by atoms with Crippen molar-refractivity contribution < 1.29 is 0 Å². The van der Waals surface area contributed by atoms with Crippen molar-refractivity contribution in [2.75, 3.05) is 25.9 Å². The van der Waals surface area contributed by atoms with Gasteiger partial charge in [-0.3, -0.25) is 4.99 Å². The van der Waals surface area contributed by atoms with Crippen LogP contribution in [-0.4, -0.2) is 48.0 Å². The molecule has 2 aliphatic heterocycles. The van der Waals surface area contributed by atoms with Gasteiger partial charge in [0, 0.05) is 18.3 Å². The summed E-state index contributed by atoms with van der Waals surface area (Å²) >= 11 is 1.89. The molecule has 0 aromatic heterocycles. The minimum absolute atomic E-state index is 0.522. The topological polar surface area (TPSA) is 27.6 Å². The van der Waals surface area contributed by atoms with Crippen molar-refractivity contribution >= 4 is 16.9 Å². The predicted molar refractivity (Wildman–Crippen MR) is 72.2 cm³/mol. The van der Waals surface area contributed by atoms with Crippen LogP contribution < -0.4 is 5.32 Å². The van der Waals surface area contributed by atoms with Gasteiger partial charge in [-0.1, -0.05) is 25.6 Å². The number of likely N-dealkylation sites (tertiary alicyclic amines) is 1. The average Bonchev–Trinajstić information content (AvgIpc) is 2.66. The Morgan fingerprint density at radius 1 is 1.50 bits per heavy atom. The summed E-state index contributed by atoms with van der Waals surface area (Å²) in [5.74, 6) is 1.82. The lowest BCUT2D eigenvalue weighted by Crippen LogP contribution is -2.45. The predicted octanol–water partition coefficient (Wildman–Crippen LogP) is 1.80. The van der Waals surface area contributed by atoms with Gasteiger partial charge in [-0.2, -0.15) is 0 Å². The van der Waals surface area contributed by atoms with Gasteiger partial charge in [0.1, 0.15) is 0 Å². The molecule has 92 valence electrons. The molecule has 0 aliphatic carbocycles. The van der Waals surface area contributed by atoms with E-state index in [0.29, 0.717) is 18.0 Å². The molecule has 0 amide bonds. The highest BCUT2D eigenvalue weighted by Gasteiger charge is 2.24. The Morgan fingerprint density at radius 3 is 2.94 bits per heavy atom. The third kappa shape index (κ3) is 3.14. The molecule has 1 unspecified atom stereocenters. The number of rotatable bonds is 2. The van der Waals surface area contributed by atoms with Crippen LogP contribution in [-0.2, 0) is 0 Å². The highest BCUT2D eigenvalue weighted by atomic mass is 32.2. The van der Waals surface area contributed by atoms with E-state index in [0.717, 1.165) is 12.3 Å². The highest BCUT2D eigenvalue weighted by molar-refractivity contribution is 8.14. The van der Waals surface area contributed by atoms with Gasteiger partial charge in [0.15, 0.2) is 5.17 Å². The van der Waals surface area contributed by atoms with E-state index < -0.39 is 0 Å². The van der Waals surface area contributed by atoms with Crippen LogP contribution in [0.3, 0.4) is 0 Å². The third-order valence-electron chi connectivity index (χ3n) is 3.40. The standard InChI is InChI=1S/C12H23N3S/c1-9(2)11-8-16-12(14-11)13-10-5-4-6-15(3)7-10/h9-11H,4-8H2,1-3H3,(H,13,14)/t10?,11-/m1/s1. The molecule has 0 radical (unpaired) electrons. The monoisotopic (exact) mass is 241 g/mol. The maximum Gasteiger partial charge on any atom is 0.157 e. The van der Waals surface area contributed by atoms with Crippen LogP contribution in [0.25, 0.3) is 0 Å². The molecule has 0 saturated carbocycles. The molecule has 2 rings (SSSR count). The Bertz CT molecular complexity index is 265. The minimum atomic E-state index is 0.522. The number of hydrogen-bond donors (Lipinski definition) is 1. The number of hydrogen-bond acceptors (Lipinski definition) is 4. The zero-order valence-electron chi connectivity index (χ0n) is 10.6. The van der Waals surface area contributed by atoms with Crippen LogP contribution in [0.1, 0.15) is 26.7 Å². The van der Waals surface area contributed by atoms with E-state index in [1.54, 1.807) is 0 Å². The van der Waals surface area contributed by atoms with Gasteiger partial charge in [0.2, 0.25) is 0 Å². The van der Waals surface area contributed by atoms with Crippen molar-refractivity contribution in [2.24, 2.45) is 10.9 Å². The summed E-state index contributed by atoms with van der Waals surface area (Å²) in [4.78, 5) is 7.16. The number of amidine groups is 1. The number of nitrogens with one attached hydrogen (secondary N) is 1. The summed E-state index contributed by atoms with van der Waals surface area (Å²) in [7, 11) is 2.20. The third-order valence-corrected chi connectivity index (χ3v) is 4.40. The molecule has 3 nitrogen and oxygen atoms in total. The Hall–Kier alpha value is -0.220. The molecule has 16 heavy (non-hydrogen) atoms. The Balaban J connectivity index is 1.83. The normalized spacial score (nSPS) is 31.9. The number of piperidine rings is 1. The van der Waals surface area contributed by atoms with E-state index in [9.17, 15) is 0 Å². The Morgan fingerprint density at radius 2 is 2.31 bits per heavy atom. The van der Waals surface area contributed by atoms with E-state index in [2.05, 4.69) is 31.1 Å². The molecule has 2 atom stereocenters. The molecule has 2 heterocycles. The molecule has 0 spiro atoms. The van der Waals surface area contributed by atoms with Gasteiger partial charge in [-0.05, 0) is 32.4 Å². The number of thioether (sulfide) groups is 1. The summed E-state index contributed by atoms with van der Waals surface area (Å²) in [6.45, 7) is 6.91. The van der Waals surface area contributed by atoms with Crippen LogP contribution in [0.15, 0.2) is 4.99 Å². The minimum Gasteiger partial charge on any atom is -0.361 e. The van der Waals surface area contributed by atoms with E-state index in [-0.39, 0.29) is 0 Å². The molecule has 1 fully saturated rings. The van der Waals surface area contributed by atoms with Crippen LogP contribution in [0.5, 0.6) is 0 Å². The summed E-state index contributed by atoms with van der Waals surface area (Å²) in [5, 5.41) is 4.78. The van der Waals surface area contributed by atoms with Crippen molar-refractivity contribution in [1.29, 1.82) is 0 Å². The summed E-state index contributed by atoms with van der Waals surface area (Å²) < 4.78 is 0. The lowest BCUT2D eigenvalue weighted by molar-refractivity contribution is 0.241. The van der Waals surface area contributed by atoms with Crippen LogP contribution >= 0.6 is 11.8 Å².